The van der Waals surface area contributed by atoms with Crippen LogP contribution in [0.3, 0.4) is 0 Å². The molecule has 2 aromatic heterocycles. The van der Waals surface area contributed by atoms with Crippen molar-refractivity contribution in [3.05, 3.63) is 36.0 Å². The number of rotatable bonds is 1. The lowest BCUT2D eigenvalue weighted by molar-refractivity contribution is 1.19. The second kappa shape index (κ2) is 2.80. The molecule has 0 fully saturated rings. The topological polar surface area (TPSA) is 25.8 Å². The molecule has 0 saturated carbocycles. The fourth-order valence-electron chi connectivity index (χ4n) is 0.788. The van der Waals surface area contributed by atoms with Crippen molar-refractivity contribution in [1.82, 2.24) is 9.97 Å². The van der Waals surface area contributed by atoms with Crippen molar-refractivity contribution < 1.29 is 0 Å². The Morgan fingerprint density at radius 3 is 2.73 bits per heavy atom. The summed E-state index contributed by atoms with van der Waals surface area (Å²) < 4.78 is 0. The van der Waals surface area contributed by atoms with Crippen LogP contribution in [0, 0.1) is 5.38 Å². The number of aromatic nitrogens is 2. The monoisotopic (exact) mass is 161 g/mol. The van der Waals surface area contributed by atoms with Crippen molar-refractivity contribution in [3.63, 3.8) is 0 Å². The minimum absolute atomic E-state index is 0.777. The minimum Gasteiger partial charge on any atom is -0.236 e. The van der Waals surface area contributed by atoms with Crippen molar-refractivity contribution >= 4 is 11.3 Å². The molecule has 0 aromatic carbocycles. The van der Waals surface area contributed by atoms with E-state index in [9.17, 15) is 0 Å². The smallest absolute Gasteiger partial charge is 0.169 e. The van der Waals surface area contributed by atoms with Crippen LogP contribution >= 0.6 is 11.3 Å². The molecule has 0 saturated heterocycles. The van der Waals surface area contributed by atoms with E-state index < -0.39 is 0 Å². The summed E-state index contributed by atoms with van der Waals surface area (Å²) in [5.74, 6) is 0.777. The Labute approximate surface area is 68.6 Å². The zero-order chi connectivity index (χ0) is 7.52. The lowest BCUT2D eigenvalue weighted by Crippen LogP contribution is -1.81. The van der Waals surface area contributed by atoms with Gasteiger partial charge in [0.05, 0.1) is 4.88 Å². The largest absolute Gasteiger partial charge is 0.236 e. The molecule has 2 rings (SSSR count). The molecule has 2 heterocycles. The van der Waals surface area contributed by atoms with Crippen molar-refractivity contribution in [3.8, 4) is 10.7 Å². The molecule has 3 heteroatoms. The molecule has 0 amide bonds. The molecule has 0 aliphatic carbocycles. The van der Waals surface area contributed by atoms with E-state index in [1.165, 1.54) is 11.3 Å². The Morgan fingerprint density at radius 2 is 2.09 bits per heavy atom. The molecule has 0 spiro atoms. The highest BCUT2D eigenvalue weighted by Crippen LogP contribution is 2.18. The molecule has 2 aromatic rings. The lowest BCUT2D eigenvalue weighted by Gasteiger charge is -1.90. The fourth-order valence-corrected chi connectivity index (χ4v) is 1.38. The Kier molecular flexibility index (Phi) is 1.65. The quantitative estimate of drug-likeness (QED) is 0.639. The summed E-state index contributed by atoms with van der Waals surface area (Å²) in [6.07, 6.45) is 3.48. The summed E-state index contributed by atoms with van der Waals surface area (Å²) in [4.78, 5) is 9.26. The Balaban J connectivity index is 2.46. The van der Waals surface area contributed by atoms with Gasteiger partial charge in [0.15, 0.2) is 5.82 Å². The van der Waals surface area contributed by atoms with E-state index in [1.807, 2.05) is 12.1 Å². The van der Waals surface area contributed by atoms with Gasteiger partial charge >= 0.3 is 0 Å². The van der Waals surface area contributed by atoms with Crippen molar-refractivity contribution in [2.45, 2.75) is 0 Å². The number of thiophene rings is 1. The highest BCUT2D eigenvalue weighted by Gasteiger charge is 1.98. The Hall–Kier alpha value is -1.22. The van der Waals surface area contributed by atoms with Gasteiger partial charge in [0.1, 0.15) is 0 Å². The maximum Gasteiger partial charge on any atom is 0.169 e. The van der Waals surface area contributed by atoms with Crippen LogP contribution in [0.4, 0.5) is 0 Å². The third-order valence-corrected chi connectivity index (χ3v) is 2.05. The zero-order valence-electron chi connectivity index (χ0n) is 5.69. The zero-order valence-corrected chi connectivity index (χ0v) is 6.51. The number of nitrogens with zero attached hydrogens (tertiary/aromatic N) is 2. The molecule has 0 aliphatic rings. The maximum atomic E-state index is 4.10. The first-order valence-corrected chi connectivity index (χ1v) is 4.02. The predicted molar refractivity (Wildman–Crippen MR) is 44.2 cm³/mol. The van der Waals surface area contributed by atoms with Crippen LogP contribution in [0.5, 0.6) is 0 Å². The third kappa shape index (κ3) is 1.28. The SMILES string of the molecule is [c]1ccc(-c2ncccn2)s1. The van der Waals surface area contributed by atoms with Gasteiger partial charge in [-0.05, 0) is 18.2 Å². The normalized spacial score (nSPS) is 9.82. The minimum atomic E-state index is 0.777. The molecule has 0 atom stereocenters. The van der Waals surface area contributed by atoms with Gasteiger partial charge < -0.3 is 0 Å². The molecular weight excluding hydrogens is 156 g/mol. The second-order valence-electron chi connectivity index (χ2n) is 1.99. The van der Waals surface area contributed by atoms with Gasteiger partial charge in [-0.2, -0.15) is 0 Å². The van der Waals surface area contributed by atoms with Crippen molar-refractivity contribution in [2.75, 3.05) is 0 Å². The van der Waals surface area contributed by atoms with E-state index in [0.717, 1.165) is 10.7 Å². The van der Waals surface area contributed by atoms with Gasteiger partial charge in [0.25, 0.3) is 0 Å². The molecule has 0 bridgehead atoms. The Morgan fingerprint density at radius 1 is 1.27 bits per heavy atom. The summed E-state index contributed by atoms with van der Waals surface area (Å²) in [5.41, 5.74) is 0. The number of hydrogen-bond donors (Lipinski definition) is 0. The van der Waals surface area contributed by atoms with E-state index >= 15 is 0 Å². The summed E-state index contributed by atoms with van der Waals surface area (Å²) >= 11 is 1.53. The average molecular weight is 161 g/mol. The van der Waals surface area contributed by atoms with E-state index in [2.05, 4.69) is 15.3 Å². The molecule has 0 aliphatic heterocycles. The molecule has 0 unspecified atom stereocenters. The van der Waals surface area contributed by atoms with Gasteiger partial charge in [-0.3, -0.25) is 0 Å². The van der Waals surface area contributed by atoms with Gasteiger partial charge in [0.2, 0.25) is 0 Å². The predicted octanol–water partition coefficient (Wildman–Crippen LogP) is 2.01. The van der Waals surface area contributed by atoms with Crippen LogP contribution in [0.1, 0.15) is 0 Å². The van der Waals surface area contributed by atoms with E-state index in [-0.39, 0.29) is 0 Å². The number of hydrogen-bond acceptors (Lipinski definition) is 3. The second-order valence-corrected chi connectivity index (χ2v) is 2.87. The van der Waals surface area contributed by atoms with Gasteiger partial charge in [0, 0.05) is 17.8 Å². The first-order chi connectivity index (χ1) is 5.47. The molecular formula is C8H5N2S. The summed E-state index contributed by atoms with van der Waals surface area (Å²) in [6, 6.07) is 5.64. The third-order valence-electron chi connectivity index (χ3n) is 1.26. The molecule has 0 N–H and O–H groups in total. The van der Waals surface area contributed by atoms with Crippen LogP contribution in [-0.4, -0.2) is 9.97 Å². The average Bonchev–Trinajstić information content (AvgIpc) is 2.58. The Bertz CT molecular complexity index is 315. The molecule has 11 heavy (non-hydrogen) atoms. The van der Waals surface area contributed by atoms with E-state index in [0.29, 0.717) is 0 Å². The van der Waals surface area contributed by atoms with Crippen LogP contribution in [0.2, 0.25) is 0 Å². The van der Waals surface area contributed by atoms with Crippen LogP contribution in [-0.2, 0) is 0 Å². The highest BCUT2D eigenvalue weighted by molar-refractivity contribution is 7.13. The van der Waals surface area contributed by atoms with E-state index in [4.69, 9.17) is 0 Å². The first-order valence-electron chi connectivity index (χ1n) is 3.20. The summed E-state index contributed by atoms with van der Waals surface area (Å²) in [5, 5.41) is 2.99. The molecule has 1 radical (unpaired) electrons. The summed E-state index contributed by atoms with van der Waals surface area (Å²) in [7, 11) is 0. The first kappa shape index (κ1) is 6.49. The maximum absolute atomic E-state index is 4.10. The van der Waals surface area contributed by atoms with Crippen LogP contribution < -0.4 is 0 Å². The van der Waals surface area contributed by atoms with Gasteiger partial charge in [-0.1, -0.05) is 0 Å². The lowest BCUT2D eigenvalue weighted by atomic mass is 10.4. The molecule has 2 nitrogen and oxygen atoms in total. The molecule has 53 valence electrons. The summed E-state index contributed by atoms with van der Waals surface area (Å²) in [6.45, 7) is 0. The standard InChI is InChI=1S/C8H5N2S/c1-3-7(11-6-1)8-9-4-2-5-10-8/h1-5H. The van der Waals surface area contributed by atoms with Crippen molar-refractivity contribution in [1.29, 1.82) is 0 Å². The van der Waals surface area contributed by atoms with Crippen molar-refractivity contribution in [2.24, 2.45) is 0 Å². The highest BCUT2D eigenvalue weighted by atomic mass is 32.1. The van der Waals surface area contributed by atoms with Gasteiger partial charge in [-0.15, -0.1) is 11.3 Å². The van der Waals surface area contributed by atoms with Crippen LogP contribution in [0.25, 0.3) is 10.7 Å². The van der Waals surface area contributed by atoms with Gasteiger partial charge in [-0.25, -0.2) is 9.97 Å². The van der Waals surface area contributed by atoms with E-state index in [1.54, 1.807) is 18.5 Å². The van der Waals surface area contributed by atoms with Crippen LogP contribution in [0.15, 0.2) is 30.6 Å². The fraction of sp³-hybridized carbons (Fsp3) is 0.